The number of aliphatic carboxylic acids is 1. The molecule has 1 aliphatic rings. The van der Waals surface area contributed by atoms with Crippen LogP contribution in [0.5, 0.6) is 0 Å². The number of nitrogens with one attached hydrogen (secondary N) is 1. The van der Waals surface area contributed by atoms with Crippen LogP contribution in [-0.4, -0.2) is 65.2 Å². The van der Waals surface area contributed by atoms with Gasteiger partial charge in [-0.15, -0.1) is 4.90 Å². The van der Waals surface area contributed by atoms with E-state index in [-0.39, 0.29) is 0 Å². The average molecular weight is 465 g/mol. The first-order valence-corrected chi connectivity index (χ1v) is 6.39. The maximum Gasteiger partial charge on any atom is 0.401 e. The number of halogens is 14. The molecule has 1 saturated heterocycles. The molecule has 29 heavy (non-hydrogen) atoms. The minimum atomic E-state index is -7.79. The molecule has 5 nitrogen and oxygen atoms in total. The van der Waals surface area contributed by atoms with Crippen molar-refractivity contribution >= 4 is 11.9 Å². The highest BCUT2D eigenvalue weighted by Gasteiger charge is 2.99. The van der Waals surface area contributed by atoms with Crippen molar-refractivity contribution in [3.05, 3.63) is 0 Å². The summed E-state index contributed by atoms with van der Waals surface area (Å²) < 4.78 is 186. The summed E-state index contributed by atoms with van der Waals surface area (Å²) >= 11 is 0. The van der Waals surface area contributed by atoms with Crippen molar-refractivity contribution in [1.29, 1.82) is 0 Å². The molecule has 1 N–H and O–H groups in total. The Kier molecular flexibility index (Phi) is 5.34. The van der Waals surface area contributed by atoms with Crippen molar-refractivity contribution < 1.29 is 76.2 Å². The molecule has 1 amide bonds. The fourth-order valence-electron chi connectivity index (χ4n) is 1.93. The average Bonchev–Trinajstić information content (AvgIpc) is 2.49. The molecule has 0 radical (unpaired) electrons. The second-order valence-corrected chi connectivity index (χ2v) is 5.31. The molecule has 19 heteroatoms. The second-order valence-electron chi connectivity index (χ2n) is 5.31. The van der Waals surface area contributed by atoms with Gasteiger partial charge in [-0.05, 0) is 0 Å². The first-order chi connectivity index (χ1) is 12.5. The maximum atomic E-state index is 13.7. The van der Waals surface area contributed by atoms with Gasteiger partial charge in [0.25, 0.3) is 5.91 Å². The van der Waals surface area contributed by atoms with Crippen LogP contribution in [0.3, 0.4) is 0 Å². The molecule has 170 valence electrons. The third-order valence-corrected chi connectivity index (χ3v) is 3.44. The molecule has 0 unspecified atom stereocenters. The Balaban J connectivity index is 3.71. The Morgan fingerprint density at radius 2 is 1.10 bits per heavy atom. The molecule has 0 aromatic rings. The van der Waals surface area contributed by atoms with Gasteiger partial charge in [0.05, 0.1) is 12.5 Å². The number of carbonyl (C=O) groups excluding carboxylic acids is 2. The molecule has 0 aromatic heterocycles. The zero-order valence-electron chi connectivity index (χ0n) is 12.7. The number of carbonyl (C=O) groups is 2. The van der Waals surface area contributed by atoms with Crippen LogP contribution in [0.1, 0.15) is 0 Å². The van der Waals surface area contributed by atoms with E-state index in [0.29, 0.717) is 5.32 Å². The molecule has 1 heterocycles. The number of likely N-dealkylation sites (tertiary alicyclic amines) is 1. The third-order valence-electron chi connectivity index (χ3n) is 3.44. The zero-order chi connectivity index (χ0) is 23.6. The largest absolute Gasteiger partial charge is 0.548 e. The number of carboxylic acid groups (broad SMARTS) is 1. The number of nitrogens with zero attached hydrogens (tertiary/aromatic N) is 1. The van der Waals surface area contributed by atoms with E-state index in [1.165, 1.54) is 0 Å². The van der Waals surface area contributed by atoms with Crippen molar-refractivity contribution in [1.82, 2.24) is 10.2 Å². The van der Waals surface area contributed by atoms with E-state index in [4.69, 9.17) is 0 Å². The van der Waals surface area contributed by atoms with E-state index in [2.05, 4.69) is 0 Å². The summed E-state index contributed by atoms with van der Waals surface area (Å²) in [4.78, 5) is 16.6. The second kappa shape index (κ2) is 6.21. The van der Waals surface area contributed by atoms with Crippen LogP contribution < -0.4 is 10.4 Å². The summed E-state index contributed by atoms with van der Waals surface area (Å²) in [6, 6.07) is -23.3. The monoisotopic (exact) mass is 465 g/mol. The molecular formula is C10H3F14N2O3-. The van der Waals surface area contributed by atoms with E-state index >= 15 is 0 Å². The summed E-state index contributed by atoms with van der Waals surface area (Å²) in [5.41, 5.74) is 0. The van der Waals surface area contributed by atoms with Gasteiger partial charge in [-0.3, -0.25) is 4.79 Å². The van der Waals surface area contributed by atoms with Crippen molar-refractivity contribution in [2.75, 3.05) is 6.54 Å². The number of carboxylic acids is 1. The molecule has 0 atom stereocenters. The van der Waals surface area contributed by atoms with E-state index in [1.54, 1.807) is 0 Å². The van der Waals surface area contributed by atoms with Gasteiger partial charge in [-0.2, -0.15) is 61.5 Å². The first kappa shape index (κ1) is 25.0. The number of hydrogen-bond acceptors (Lipinski definition) is 4. The summed E-state index contributed by atoms with van der Waals surface area (Å²) in [5.74, 6) is -36.6. The molecule has 1 aliphatic heterocycles. The van der Waals surface area contributed by atoms with Crippen LogP contribution >= 0.6 is 0 Å². The van der Waals surface area contributed by atoms with Gasteiger partial charge in [0.1, 0.15) is 0 Å². The van der Waals surface area contributed by atoms with Crippen molar-refractivity contribution in [3.8, 4) is 0 Å². The Morgan fingerprint density at radius 1 is 0.759 bits per heavy atom. The van der Waals surface area contributed by atoms with Gasteiger partial charge in [-0.25, -0.2) is 0 Å². The van der Waals surface area contributed by atoms with Crippen LogP contribution in [0.25, 0.3) is 0 Å². The molecule has 0 spiro atoms. The number of amides is 1. The highest BCUT2D eigenvalue weighted by molar-refractivity contribution is 5.87. The summed E-state index contributed by atoms with van der Waals surface area (Å²) in [6.07, 6.45) is 0. The lowest BCUT2D eigenvalue weighted by Gasteiger charge is -2.53. The molecule has 0 aromatic carbocycles. The highest BCUT2D eigenvalue weighted by atomic mass is 19.4. The van der Waals surface area contributed by atoms with Gasteiger partial charge in [0, 0.05) is 0 Å². The summed E-state index contributed by atoms with van der Waals surface area (Å²) in [6.45, 7) is -2.08. The minimum absolute atomic E-state index is 0.309. The molecule has 1 fully saturated rings. The Morgan fingerprint density at radius 3 is 1.41 bits per heavy atom. The van der Waals surface area contributed by atoms with E-state index in [9.17, 15) is 76.2 Å². The van der Waals surface area contributed by atoms with Gasteiger partial charge >= 0.3 is 41.8 Å². The SMILES string of the molecule is O=C([O-])CNC(=O)C(F)(F)C(F)(F)N1C(F)(F)C(F)(F)C(F)(F)C(F)(F)C1(F)F. The summed E-state index contributed by atoms with van der Waals surface area (Å²) in [7, 11) is 0. The molecular weight excluding hydrogens is 462 g/mol. The van der Waals surface area contributed by atoms with Gasteiger partial charge in [0.15, 0.2) is 0 Å². The fourth-order valence-corrected chi connectivity index (χ4v) is 1.93. The van der Waals surface area contributed by atoms with Gasteiger partial charge in [-0.1, -0.05) is 0 Å². The smallest absolute Gasteiger partial charge is 0.401 e. The standard InChI is InChI=1S/C10H4F14N2O3/c11-4(12,3(29)25-1-2(27)28)8(19,20)26-9(21,22)6(15,16)5(13,14)7(17,18)10(26,23)24/h1H2,(H,25,29)(H,27,28)/p-1. The van der Waals surface area contributed by atoms with Crippen molar-refractivity contribution in [2.45, 2.75) is 41.8 Å². The Bertz CT molecular complexity index is 676. The van der Waals surface area contributed by atoms with E-state index < -0.39 is 65.2 Å². The van der Waals surface area contributed by atoms with Crippen molar-refractivity contribution in [2.24, 2.45) is 0 Å². The van der Waals surface area contributed by atoms with Crippen LogP contribution in [0.4, 0.5) is 61.5 Å². The molecule has 0 bridgehead atoms. The number of piperidine rings is 1. The highest BCUT2D eigenvalue weighted by Crippen LogP contribution is 2.67. The normalized spacial score (nSPS) is 25.3. The van der Waals surface area contributed by atoms with E-state index in [0.717, 1.165) is 0 Å². The summed E-state index contributed by atoms with van der Waals surface area (Å²) in [5, 5.41) is 10.2. The number of rotatable bonds is 5. The van der Waals surface area contributed by atoms with Crippen LogP contribution in [-0.2, 0) is 9.59 Å². The Labute approximate surface area is 148 Å². The van der Waals surface area contributed by atoms with Crippen LogP contribution in [0, 0.1) is 0 Å². The lowest BCUT2D eigenvalue weighted by atomic mass is 9.92. The first-order valence-electron chi connectivity index (χ1n) is 6.39. The molecule has 0 aliphatic carbocycles. The quantitative estimate of drug-likeness (QED) is 0.494. The third kappa shape index (κ3) is 2.87. The Hall–Kier alpha value is -2.08. The maximum absolute atomic E-state index is 13.7. The molecule has 0 saturated carbocycles. The van der Waals surface area contributed by atoms with Crippen LogP contribution in [0.15, 0.2) is 0 Å². The molecule has 1 rings (SSSR count). The van der Waals surface area contributed by atoms with E-state index in [1.807, 2.05) is 0 Å². The predicted octanol–water partition coefficient (Wildman–Crippen LogP) is 1.49. The van der Waals surface area contributed by atoms with Crippen molar-refractivity contribution in [3.63, 3.8) is 0 Å². The lowest BCUT2D eigenvalue weighted by molar-refractivity contribution is -0.544. The lowest BCUT2D eigenvalue weighted by Crippen LogP contribution is -2.86. The van der Waals surface area contributed by atoms with Crippen LogP contribution in [0.2, 0.25) is 0 Å². The number of alkyl halides is 14. The van der Waals surface area contributed by atoms with Gasteiger partial charge in [0.2, 0.25) is 0 Å². The van der Waals surface area contributed by atoms with Gasteiger partial charge < -0.3 is 15.2 Å². The number of hydrogen-bond donors (Lipinski definition) is 1. The fraction of sp³-hybridized carbons (Fsp3) is 0.800. The topological polar surface area (TPSA) is 72.5 Å². The minimum Gasteiger partial charge on any atom is -0.548 e. The predicted molar refractivity (Wildman–Crippen MR) is 54.5 cm³/mol. The zero-order valence-corrected chi connectivity index (χ0v) is 12.7.